The van der Waals surface area contributed by atoms with E-state index in [9.17, 15) is 4.39 Å². The van der Waals surface area contributed by atoms with Crippen molar-refractivity contribution in [2.24, 2.45) is 0 Å². The highest BCUT2D eigenvalue weighted by molar-refractivity contribution is 6.30. The summed E-state index contributed by atoms with van der Waals surface area (Å²) in [5.74, 6) is 1.01. The Bertz CT molecular complexity index is 786. The van der Waals surface area contributed by atoms with Gasteiger partial charge >= 0.3 is 0 Å². The molecule has 0 radical (unpaired) electrons. The van der Waals surface area contributed by atoms with Crippen molar-refractivity contribution in [1.29, 1.82) is 0 Å². The van der Waals surface area contributed by atoms with Gasteiger partial charge in [-0.15, -0.1) is 0 Å². The van der Waals surface area contributed by atoms with Crippen molar-refractivity contribution < 1.29 is 13.9 Å². The quantitative estimate of drug-likeness (QED) is 0.881. The monoisotopic (exact) mass is 362 g/mol. The summed E-state index contributed by atoms with van der Waals surface area (Å²) in [5.41, 5.74) is 1.45. The van der Waals surface area contributed by atoms with Crippen LogP contribution in [-0.4, -0.2) is 32.3 Å². The van der Waals surface area contributed by atoms with Gasteiger partial charge < -0.3 is 19.7 Å². The van der Waals surface area contributed by atoms with Gasteiger partial charge in [-0.1, -0.05) is 23.7 Å². The minimum Gasteiger partial charge on any atom is -0.485 e. The van der Waals surface area contributed by atoms with Crippen molar-refractivity contribution >= 4 is 17.3 Å². The number of anilines is 1. The number of ether oxygens (including phenoxy) is 2. The van der Waals surface area contributed by atoms with Gasteiger partial charge in [-0.25, -0.2) is 4.39 Å². The van der Waals surface area contributed by atoms with Crippen LogP contribution in [0.25, 0.3) is 0 Å². The molecule has 1 fully saturated rings. The summed E-state index contributed by atoms with van der Waals surface area (Å²) < 4.78 is 26.3. The lowest BCUT2D eigenvalue weighted by Crippen LogP contribution is -2.49. The fourth-order valence-corrected chi connectivity index (χ4v) is 3.55. The Morgan fingerprint density at radius 1 is 1.28 bits per heavy atom. The third kappa shape index (κ3) is 3.26. The molecule has 25 heavy (non-hydrogen) atoms. The fraction of sp³-hybridized carbons (Fsp3) is 0.368. The molecule has 2 aromatic carbocycles. The third-order valence-electron chi connectivity index (χ3n) is 4.63. The number of piperazine rings is 1. The SMILES string of the molecule is C[C@H]1CN(c2cccc3c2OC(c2ccc(Cl)cc2F)CO3)CCN1. The average molecular weight is 363 g/mol. The van der Waals surface area contributed by atoms with Crippen molar-refractivity contribution in [1.82, 2.24) is 5.32 Å². The number of para-hydroxylation sites is 1. The maximum absolute atomic E-state index is 14.3. The zero-order valence-electron chi connectivity index (χ0n) is 14.0. The van der Waals surface area contributed by atoms with E-state index in [-0.39, 0.29) is 12.4 Å². The van der Waals surface area contributed by atoms with E-state index in [1.165, 1.54) is 6.07 Å². The van der Waals surface area contributed by atoms with Crippen molar-refractivity contribution in [3.63, 3.8) is 0 Å². The molecule has 2 aromatic rings. The van der Waals surface area contributed by atoms with Gasteiger partial charge in [0.25, 0.3) is 0 Å². The van der Waals surface area contributed by atoms with E-state index < -0.39 is 6.10 Å². The van der Waals surface area contributed by atoms with E-state index in [1.54, 1.807) is 12.1 Å². The molecule has 0 spiro atoms. The molecule has 2 aliphatic heterocycles. The first-order chi connectivity index (χ1) is 12.1. The molecule has 0 aromatic heterocycles. The van der Waals surface area contributed by atoms with Crippen LogP contribution in [0.3, 0.4) is 0 Å². The van der Waals surface area contributed by atoms with Crippen molar-refractivity contribution in [3.8, 4) is 11.5 Å². The molecule has 1 saturated heterocycles. The van der Waals surface area contributed by atoms with Crippen LogP contribution in [0.5, 0.6) is 11.5 Å². The molecule has 0 saturated carbocycles. The van der Waals surface area contributed by atoms with Crippen molar-refractivity contribution in [2.45, 2.75) is 19.1 Å². The first-order valence-corrected chi connectivity index (χ1v) is 8.85. The molecule has 132 valence electrons. The molecule has 0 amide bonds. The molecule has 2 aliphatic rings. The second-order valence-electron chi connectivity index (χ2n) is 6.49. The highest BCUT2D eigenvalue weighted by Gasteiger charge is 2.29. The summed E-state index contributed by atoms with van der Waals surface area (Å²) in [6, 6.07) is 10.9. The molecule has 1 unspecified atom stereocenters. The molecule has 0 aliphatic carbocycles. The zero-order chi connectivity index (χ0) is 17.4. The number of fused-ring (bicyclic) bond motifs is 1. The maximum atomic E-state index is 14.3. The van der Waals surface area contributed by atoms with Crippen LogP contribution in [-0.2, 0) is 0 Å². The van der Waals surface area contributed by atoms with Crippen LogP contribution in [0.1, 0.15) is 18.6 Å². The van der Waals surface area contributed by atoms with Gasteiger partial charge in [-0.05, 0) is 31.2 Å². The van der Waals surface area contributed by atoms with Crippen LogP contribution < -0.4 is 19.7 Å². The van der Waals surface area contributed by atoms with Gasteiger partial charge in [0.1, 0.15) is 12.4 Å². The second kappa shape index (κ2) is 6.73. The highest BCUT2D eigenvalue weighted by atomic mass is 35.5. The number of benzene rings is 2. The van der Waals surface area contributed by atoms with Gasteiger partial charge in [-0.2, -0.15) is 0 Å². The fourth-order valence-electron chi connectivity index (χ4n) is 3.39. The lowest BCUT2D eigenvalue weighted by atomic mass is 10.1. The topological polar surface area (TPSA) is 33.7 Å². The van der Waals surface area contributed by atoms with E-state index in [2.05, 4.69) is 17.1 Å². The molecule has 2 heterocycles. The Balaban J connectivity index is 1.65. The highest BCUT2D eigenvalue weighted by Crippen LogP contribution is 2.44. The van der Waals surface area contributed by atoms with Crippen molar-refractivity contribution in [3.05, 3.63) is 52.8 Å². The summed E-state index contributed by atoms with van der Waals surface area (Å²) in [7, 11) is 0. The molecule has 0 bridgehead atoms. The Morgan fingerprint density at radius 3 is 2.96 bits per heavy atom. The minimum absolute atomic E-state index is 0.271. The third-order valence-corrected chi connectivity index (χ3v) is 4.86. The lowest BCUT2D eigenvalue weighted by Gasteiger charge is -2.36. The van der Waals surface area contributed by atoms with Crippen LogP contribution in [0.2, 0.25) is 5.02 Å². The van der Waals surface area contributed by atoms with Crippen molar-refractivity contribution in [2.75, 3.05) is 31.1 Å². The summed E-state index contributed by atoms with van der Waals surface area (Å²) in [4.78, 5) is 2.28. The first kappa shape index (κ1) is 16.5. The maximum Gasteiger partial charge on any atom is 0.185 e. The number of halogens is 2. The largest absolute Gasteiger partial charge is 0.485 e. The van der Waals surface area contributed by atoms with Crippen LogP contribution in [0, 0.1) is 5.82 Å². The van der Waals surface area contributed by atoms with Gasteiger partial charge in [0.05, 0.1) is 5.69 Å². The average Bonchev–Trinajstić information content (AvgIpc) is 2.61. The zero-order valence-corrected chi connectivity index (χ0v) is 14.7. The van der Waals surface area contributed by atoms with Crippen LogP contribution >= 0.6 is 11.6 Å². The smallest absolute Gasteiger partial charge is 0.185 e. The molecule has 4 nitrogen and oxygen atoms in total. The summed E-state index contributed by atoms with van der Waals surface area (Å²) >= 11 is 5.85. The molecule has 1 N–H and O–H groups in total. The van der Waals surface area contributed by atoms with Gasteiger partial charge in [0.15, 0.2) is 17.6 Å². The van der Waals surface area contributed by atoms with Gasteiger partial charge in [0, 0.05) is 36.3 Å². The standard InChI is InChI=1S/C19H20ClFN2O2/c1-12-10-23(8-7-22-12)16-3-2-4-17-19(16)25-18(11-24-17)14-6-5-13(20)9-15(14)21/h2-6,9,12,18,22H,7-8,10-11H2,1H3/t12-,18?/m0/s1. The number of nitrogens with zero attached hydrogens (tertiary/aromatic N) is 1. The Hall–Kier alpha value is -1.98. The van der Waals surface area contributed by atoms with Gasteiger partial charge in [-0.3, -0.25) is 0 Å². The van der Waals surface area contributed by atoms with E-state index in [4.69, 9.17) is 21.1 Å². The summed E-state index contributed by atoms with van der Waals surface area (Å²) in [6.07, 6.45) is -0.494. The summed E-state index contributed by atoms with van der Waals surface area (Å²) in [5, 5.41) is 3.80. The molecule has 4 rings (SSSR count). The molecular formula is C19H20ClFN2O2. The van der Waals surface area contributed by atoms with E-state index >= 15 is 0 Å². The number of hydrogen-bond acceptors (Lipinski definition) is 4. The first-order valence-electron chi connectivity index (χ1n) is 8.47. The number of rotatable bonds is 2. The van der Waals surface area contributed by atoms with Crippen LogP contribution in [0.15, 0.2) is 36.4 Å². The number of hydrogen-bond donors (Lipinski definition) is 1. The lowest BCUT2D eigenvalue weighted by molar-refractivity contribution is 0.0891. The molecule has 6 heteroatoms. The molecule has 2 atom stereocenters. The second-order valence-corrected chi connectivity index (χ2v) is 6.93. The predicted octanol–water partition coefficient (Wildman–Crippen LogP) is 3.79. The summed E-state index contributed by atoms with van der Waals surface area (Å²) in [6.45, 7) is 5.13. The van der Waals surface area contributed by atoms with E-state index in [1.807, 2.05) is 18.2 Å². The Morgan fingerprint density at radius 2 is 2.16 bits per heavy atom. The Kier molecular flexibility index (Phi) is 4.44. The normalized spacial score (nSPS) is 22.8. The minimum atomic E-state index is -0.494. The van der Waals surface area contributed by atoms with E-state index in [0.717, 1.165) is 25.3 Å². The Labute approximate surface area is 151 Å². The number of nitrogens with one attached hydrogen (secondary N) is 1. The predicted molar refractivity (Wildman–Crippen MR) is 96.4 cm³/mol. The molecular weight excluding hydrogens is 343 g/mol. The van der Waals surface area contributed by atoms with Crippen LogP contribution in [0.4, 0.5) is 10.1 Å². The van der Waals surface area contributed by atoms with E-state index in [0.29, 0.717) is 28.1 Å². The van der Waals surface area contributed by atoms with Gasteiger partial charge in [0.2, 0.25) is 0 Å².